The summed E-state index contributed by atoms with van der Waals surface area (Å²) in [5.41, 5.74) is -0.958. The van der Waals surface area contributed by atoms with Crippen molar-refractivity contribution in [2.75, 3.05) is 18.1 Å². The van der Waals surface area contributed by atoms with E-state index >= 15 is 0 Å². The summed E-state index contributed by atoms with van der Waals surface area (Å²) < 4.78 is 0. The number of hydrogen-bond acceptors (Lipinski definition) is 4. The van der Waals surface area contributed by atoms with Crippen LogP contribution in [0.4, 0.5) is 0 Å². The fourth-order valence-corrected chi connectivity index (χ4v) is 2.44. The fourth-order valence-electron chi connectivity index (χ4n) is 1.43. The Hall–Kier alpha value is -0.750. The third kappa shape index (κ3) is 5.27. The van der Waals surface area contributed by atoms with Crippen LogP contribution in [0, 0.1) is 0 Å². The number of nitrogens with one attached hydrogen (secondary N) is 2. The van der Waals surface area contributed by atoms with E-state index in [1.807, 2.05) is 6.92 Å². The van der Waals surface area contributed by atoms with E-state index in [-0.39, 0.29) is 5.91 Å². The maximum absolute atomic E-state index is 11.5. The van der Waals surface area contributed by atoms with Gasteiger partial charge in [0.05, 0.1) is 5.75 Å². The summed E-state index contributed by atoms with van der Waals surface area (Å²) in [5.74, 6) is -0.148. The lowest BCUT2D eigenvalue weighted by molar-refractivity contribution is -0.143. The van der Waals surface area contributed by atoms with Crippen molar-refractivity contribution < 1.29 is 14.7 Å². The lowest BCUT2D eigenvalue weighted by Gasteiger charge is -2.25. The topological polar surface area (TPSA) is 78.4 Å². The predicted octanol–water partition coefficient (Wildman–Crippen LogP) is 0.841. The molecule has 0 aromatic carbocycles. The van der Waals surface area contributed by atoms with Crippen LogP contribution in [0.3, 0.4) is 0 Å². The molecule has 0 radical (unpaired) electrons. The Morgan fingerprint density at radius 3 is 2.61 bits per heavy atom. The second-order valence-electron chi connectivity index (χ2n) is 4.90. The zero-order valence-corrected chi connectivity index (χ0v) is 11.8. The number of carbonyl (C=O) groups is 2. The van der Waals surface area contributed by atoms with E-state index in [2.05, 4.69) is 10.6 Å². The van der Waals surface area contributed by atoms with E-state index in [1.165, 1.54) is 11.8 Å². The van der Waals surface area contributed by atoms with Gasteiger partial charge in [0.2, 0.25) is 5.91 Å². The molecule has 0 aliphatic heterocycles. The van der Waals surface area contributed by atoms with E-state index in [0.717, 1.165) is 19.3 Å². The summed E-state index contributed by atoms with van der Waals surface area (Å²) in [7, 11) is 0. The highest BCUT2D eigenvalue weighted by Gasteiger charge is 2.32. The molecule has 0 bridgehead atoms. The largest absolute Gasteiger partial charge is 0.480 e. The van der Waals surface area contributed by atoms with Gasteiger partial charge in [-0.3, -0.25) is 9.59 Å². The molecule has 1 rings (SSSR count). The summed E-state index contributed by atoms with van der Waals surface area (Å²) in [5, 5.41) is 15.1. The first-order valence-corrected chi connectivity index (χ1v) is 7.49. The number of aliphatic carboxylic acids is 1. The molecule has 18 heavy (non-hydrogen) atoms. The van der Waals surface area contributed by atoms with Gasteiger partial charge in [-0.2, -0.15) is 0 Å². The minimum Gasteiger partial charge on any atom is -0.480 e. The van der Waals surface area contributed by atoms with Crippen LogP contribution < -0.4 is 10.6 Å². The van der Waals surface area contributed by atoms with E-state index in [4.69, 9.17) is 0 Å². The highest BCUT2D eigenvalue weighted by atomic mass is 32.2. The standard InChI is InChI=1S/C12H22N2O3S/c1-3-6-13-12(2,11(16)17)8-18-7-10(15)14-9-4-5-9/h9,13H,3-8H2,1-2H3,(H,14,15)(H,16,17). The molecule has 1 aliphatic carbocycles. The molecule has 1 aliphatic rings. The van der Waals surface area contributed by atoms with Crippen LogP contribution in [0.25, 0.3) is 0 Å². The smallest absolute Gasteiger partial charge is 0.324 e. The molecule has 5 nitrogen and oxygen atoms in total. The Labute approximate surface area is 112 Å². The molecule has 1 amide bonds. The number of hydrogen-bond donors (Lipinski definition) is 3. The van der Waals surface area contributed by atoms with Gasteiger partial charge in [0.15, 0.2) is 0 Å². The molecular formula is C12H22N2O3S. The summed E-state index contributed by atoms with van der Waals surface area (Å²) in [6.07, 6.45) is 3.03. The number of carboxylic acid groups (broad SMARTS) is 1. The summed E-state index contributed by atoms with van der Waals surface area (Å²) >= 11 is 1.36. The molecule has 1 saturated carbocycles. The number of rotatable bonds is 9. The average molecular weight is 274 g/mol. The average Bonchev–Trinajstić information content (AvgIpc) is 3.10. The first-order chi connectivity index (χ1) is 8.48. The minimum atomic E-state index is -0.958. The van der Waals surface area contributed by atoms with E-state index in [9.17, 15) is 14.7 Å². The van der Waals surface area contributed by atoms with Crippen LogP contribution in [0.2, 0.25) is 0 Å². The van der Waals surface area contributed by atoms with E-state index in [1.54, 1.807) is 6.92 Å². The van der Waals surface area contributed by atoms with Crippen molar-refractivity contribution in [2.24, 2.45) is 0 Å². The highest BCUT2D eigenvalue weighted by Crippen LogP contribution is 2.19. The minimum absolute atomic E-state index is 0.00531. The Morgan fingerprint density at radius 2 is 2.11 bits per heavy atom. The van der Waals surface area contributed by atoms with Gasteiger partial charge in [-0.15, -0.1) is 11.8 Å². The second-order valence-corrected chi connectivity index (χ2v) is 5.88. The van der Waals surface area contributed by atoms with Gasteiger partial charge in [-0.25, -0.2) is 0 Å². The molecule has 1 atom stereocenters. The molecular weight excluding hydrogens is 252 g/mol. The predicted molar refractivity (Wildman–Crippen MR) is 72.8 cm³/mol. The third-order valence-corrected chi connectivity index (χ3v) is 4.05. The Morgan fingerprint density at radius 1 is 1.44 bits per heavy atom. The number of thioether (sulfide) groups is 1. The summed E-state index contributed by atoms with van der Waals surface area (Å²) in [6, 6.07) is 0.363. The normalized spacial score (nSPS) is 18.1. The number of amides is 1. The van der Waals surface area contributed by atoms with Crippen molar-refractivity contribution in [3.8, 4) is 0 Å². The van der Waals surface area contributed by atoms with Gasteiger partial charge in [0.1, 0.15) is 5.54 Å². The van der Waals surface area contributed by atoms with Crippen LogP contribution >= 0.6 is 11.8 Å². The number of carbonyl (C=O) groups excluding carboxylic acids is 1. The SMILES string of the molecule is CCCNC(C)(CSCC(=O)NC1CC1)C(=O)O. The molecule has 0 aromatic heterocycles. The van der Waals surface area contributed by atoms with Crippen molar-refractivity contribution in [3.63, 3.8) is 0 Å². The van der Waals surface area contributed by atoms with Gasteiger partial charge in [-0.1, -0.05) is 6.92 Å². The summed E-state index contributed by atoms with van der Waals surface area (Å²) in [6.45, 7) is 4.32. The van der Waals surface area contributed by atoms with Crippen molar-refractivity contribution in [3.05, 3.63) is 0 Å². The van der Waals surface area contributed by atoms with Gasteiger partial charge >= 0.3 is 5.97 Å². The maximum Gasteiger partial charge on any atom is 0.324 e. The second kappa shape index (κ2) is 6.99. The zero-order chi connectivity index (χ0) is 13.6. The van der Waals surface area contributed by atoms with Crippen molar-refractivity contribution in [1.29, 1.82) is 0 Å². The molecule has 3 N–H and O–H groups in total. The van der Waals surface area contributed by atoms with Crippen LogP contribution in [-0.4, -0.2) is 46.6 Å². The third-order valence-electron chi connectivity index (χ3n) is 2.80. The van der Waals surface area contributed by atoms with Gasteiger partial charge < -0.3 is 15.7 Å². The van der Waals surface area contributed by atoms with Crippen LogP contribution in [0.5, 0.6) is 0 Å². The lowest BCUT2D eigenvalue weighted by Crippen LogP contribution is -2.52. The first kappa shape index (κ1) is 15.3. The van der Waals surface area contributed by atoms with E-state index in [0.29, 0.717) is 24.1 Å². The molecule has 104 valence electrons. The quantitative estimate of drug-likeness (QED) is 0.581. The monoisotopic (exact) mass is 274 g/mol. The van der Waals surface area contributed by atoms with Crippen LogP contribution in [0.15, 0.2) is 0 Å². The molecule has 0 heterocycles. The van der Waals surface area contributed by atoms with Crippen LogP contribution in [-0.2, 0) is 9.59 Å². The summed E-state index contributed by atoms with van der Waals surface area (Å²) in [4.78, 5) is 22.7. The molecule has 6 heteroatoms. The number of carboxylic acids is 1. The van der Waals surface area contributed by atoms with Crippen molar-refractivity contribution >= 4 is 23.6 Å². The lowest BCUT2D eigenvalue weighted by atomic mass is 10.1. The molecule has 1 fully saturated rings. The Balaban J connectivity index is 2.27. The van der Waals surface area contributed by atoms with Gasteiger partial charge in [0.25, 0.3) is 0 Å². The zero-order valence-electron chi connectivity index (χ0n) is 11.0. The molecule has 0 saturated heterocycles. The van der Waals surface area contributed by atoms with Gasteiger partial charge in [-0.05, 0) is 32.7 Å². The highest BCUT2D eigenvalue weighted by molar-refractivity contribution is 8.00. The fraction of sp³-hybridized carbons (Fsp3) is 0.833. The Bertz CT molecular complexity index is 308. The molecule has 0 spiro atoms. The maximum atomic E-state index is 11.5. The van der Waals surface area contributed by atoms with Crippen LogP contribution in [0.1, 0.15) is 33.1 Å². The van der Waals surface area contributed by atoms with Crippen molar-refractivity contribution in [2.45, 2.75) is 44.7 Å². The van der Waals surface area contributed by atoms with E-state index < -0.39 is 11.5 Å². The molecule has 0 aromatic rings. The Kier molecular flexibility index (Phi) is 5.95. The van der Waals surface area contributed by atoms with Gasteiger partial charge in [0, 0.05) is 11.8 Å². The molecule has 1 unspecified atom stereocenters. The first-order valence-electron chi connectivity index (χ1n) is 6.33. The van der Waals surface area contributed by atoms with Crippen molar-refractivity contribution in [1.82, 2.24) is 10.6 Å².